The van der Waals surface area contributed by atoms with E-state index in [4.69, 9.17) is 30.5 Å². The zero-order valence-electron chi connectivity index (χ0n) is 20.9. The number of carbonyl (C=O) groups excluding carboxylic acids is 2. The molecule has 0 aliphatic carbocycles. The Morgan fingerprint density at radius 3 is 2.22 bits per heavy atom. The second-order valence-corrected chi connectivity index (χ2v) is 8.44. The van der Waals surface area contributed by atoms with Crippen LogP contribution in [0.2, 0.25) is 5.02 Å². The molecule has 0 N–H and O–H groups in total. The van der Waals surface area contributed by atoms with Crippen LogP contribution in [0.3, 0.4) is 0 Å². The third-order valence-electron chi connectivity index (χ3n) is 5.72. The van der Waals surface area contributed by atoms with Crippen LogP contribution in [0.4, 0.5) is 4.79 Å². The molecule has 0 radical (unpaired) electrons. The summed E-state index contributed by atoms with van der Waals surface area (Å²) in [4.78, 5) is 26.4. The summed E-state index contributed by atoms with van der Waals surface area (Å²) in [5.74, 6) is 0.951. The number of amides is 1. The number of halogens is 1. The van der Waals surface area contributed by atoms with E-state index in [9.17, 15) is 9.59 Å². The molecule has 0 fully saturated rings. The molecule has 0 unspecified atom stereocenters. The molecular weight excluding hydrogens is 482 g/mol. The van der Waals surface area contributed by atoms with Crippen LogP contribution in [0, 0.1) is 0 Å². The van der Waals surface area contributed by atoms with E-state index in [0.717, 1.165) is 27.8 Å². The van der Waals surface area contributed by atoms with Gasteiger partial charge in [-0.2, -0.15) is 0 Å². The summed E-state index contributed by atoms with van der Waals surface area (Å²) < 4.78 is 21.4. The molecule has 3 rings (SSSR count). The summed E-state index contributed by atoms with van der Waals surface area (Å²) in [5.41, 5.74) is 4.09. The normalized spacial score (nSPS) is 10.5. The SMILES string of the molecule is CCN(Cc1ccc(OC)cc1-c1cc(CC(=O)OC)ccc1OC)C(=O)OCc1ccc(Cl)cc1. The van der Waals surface area contributed by atoms with E-state index in [1.165, 1.54) is 7.11 Å². The minimum absolute atomic E-state index is 0.130. The van der Waals surface area contributed by atoms with Gasteiger partial charge in [-0.3, -0.25) is 4.79 Å². The molecule has 0 spiro atoms. The van der Waals surface area contributed by atoms with Crippen LogP contribution in [0.15, 0.2) is 60.7 Å². The summed E-state index contributed by atoms with van der Waals surface area (Å²) >= 11 is 5.93. The zero-order chi connectivity index (χ0) is 26.1. The van der Waals surface area contributed by atoms with Crippen LogP contribution in [-0.2, 0) is 33.8 Å². The van der Waals surface area contributed by atoms with Crippen molar-refractivity contribution in [3.8, 4) is 22.6 Å². The largest absolute Gasteiger partial charge is 0.497 e. The Morgan fingerprint density at radius 1 is 0.861 bits per heavy atom. The lowest BCUT2D eigenvalue weighted by Gasteiger charge is -2.23. The average Bonchev–Trinajstić information content (AvgIpc) is 2.91. The Labute approximate surface area is 216 Å². The number of hydrogen-bond donors (Lipinski definition) is 0. The maximum Gasteiger partial charge on any atom is 0.410 e. The maximum absolute atomic E-state index is 12.9. The molecule has 0 saturated carbocycles. The predicted molar refractivity (Wildman–Crippen MR) is 138 cm³/mol. The summed E-state index contributed by atoms with van der Waals surface area (Å²) in [7, 11) is 4.54. The summed E-state index contributed by atoms with van der Waals surface area (Å²) in [6.45, 7) is 2.79. The van der Waals surface area contributed by atoms with Crippen molar-refractivity contribution >= 4 is 23.7 Å². The molecule has 0 aliphatic rings. The molecule has 0 aliphatic heterocycles. The number of esters is 1. The van der Waals surface area contributed by atoms with Crippen molar-refractivity contribution in [3.63, 3.8) is 0 Å². The standard InChI is InChI=1S/C28H30ClNO6/c1-5-30(28(32)36-18-19-6-10-22(29)11-7-19)17-21-9-12-23(33-2)16-24(21)25-14-20(15-27(31)35-4)8-13-26(25)34-3/h6-14,16H,5,15,17-18H2,1-4H3. The molecule has 7 nitrogen and oxygen atoms in total. The number of nitrogens with zero attached hydrogens (tertiary/aromatic N) is 1. The Bertz CT molecular complexity index is 1200. The summed E-state index contributed by atoms with van der Waals surface area (Å²) in [5, 5.41) is 0.624. The molecule has 0 aromatic heterocycles. The first-order chi connectivity index (χ1) is 17.4. The Balaban J connectivity index is 1.90. The monoisotopic (exact) mass is 511 g/mol. The van der Waals surface area contributed by atoms with E-state index in [1.807, 2.05) is 55.5 Å². The van der Waals surface area contributed by atoms with Gasteiger partial charge in [0.05, 0.1) is 27.8 Å². The van der Waals surface area contributed by atoms with Gasteiger partial charge in [-0.25, -0.2) is 4.79 Å². The predicted octanol–water partition coefficient (Wildman–Crippen LogP) is 5.90. The highest BCUT2D eigenvalue weighted by molar-refractivity contribution is 6.30. The first-order valence-electron chi connectivity index (χ1n) is 11.5. The van der Waals surface area contributed by atoms with Crippen molar-refractivity contribution in [3.05, 3.63) is 82.4 Å². The molecule has 190 valence electrons. The number of rotatable bonds is 10. The number of benzene rings is 3. The fourth-order valence-electron chi connectivity index (χ4n) is 3.71. The third-order valence-corrected chi connectivity index (χ3v) is 5.98. The van der Waals surface area contributed by atoms with Crippen LogP contribution >= 0.6 is 11.6 Å². The molecule has 36 heavy (non-hydrogen) atoms. The number of ether oxygens (including phenoxy) is 4. The van der Waals surface area contributed by atoms with Gasteiger partial charge in [-0.1, -0.05) is 35.9 Å². The van der Waals surface area contributed by atoms with E-state index in [2.05, 4.69) is 0 Å². The third kappa shape index (κ3) is 6.92. The smallest absolute Gasteiger partial charge is 0.410 e. The van der Waals surface area contributed by atoms with Gasteiger partial charge in [0.25, 0.3) is 0 Å². The fraction of sp³-hybridized carbons (Fsp3) is 0.286. The minimum Gasteiger partial charge on any atom is -0.497 e. The zero-order valence-corrected chi connectivity index (χ0v) is 21.6. The minimum atomic E-state index is -0.430. The van der Waals surface area contributed by atoms with E-state index >= 15 is 0 Å². The van der Waals surface area contributed by atoms with Gasteiger partial charge in [-0.15, -0.1) is 0 Å². The van der Waals surface area contributed by atoms with Gasteiger partial charge in [-0.05, 0) is 65.6 Å². The van der Waals surface area contributed by atoms with Gasteiger partial charge in [0.2, 0.25) is 0 Å². The van der Waals surface area contributed by atoms with Crippen molar-refractivity contribution in [1.29, 1.82) is 0 Å². The maximum atomic E-state index is 12.9. The number of methoxy groups -OCH3 is 3. The highest BCUT2D eigenvalue weighted by Gasteiger charge is 2.19. The molecule has 3 aromatic rings. The van der Waals surface area contributed by atoms with Crippen molar-refractivity contribution < 1.29 is 28.5 Å². The average molecular weight is 512 g/mol. The quantitative estimate of drug-likeness (QED) is 0.315. The molecule has 3 aromatic carbocycles. The van der Waals surface area contributed by atoms with E-state index in [-0.39, 0.29) is 19.0 Å². The van der Waals surface area contributed by atoms with Crippen LogP contribution in [0.1, 0.15) is 23.6 Å². The topological polar surface area (TPSA) is 74.3 Å². The molecule has 0 atom stereocenters. The second kappa shape index (κ2) is 12.8. The van der Waals surface area contributed by atoms with Crippen molar-refractivity contribution in [1.82, 2.24) is 4.90 Å². The molecular formula is C28H30ClNO6. The Morgan fingerprint density at radius 2 is 1.58 bits per heavy atom. The highest BCUT2D eigenvalue weighted by Crippen LogP contribution is 2.36. The van der Waals surface area contributed by atoms with Crippen molar-refractivity contribution in [2.75, 3.05) is 27.9 Å². The number of carbonyl (C=O) groups is 2. The summed E-state index contributed by atoms with van der Waals surface area (Å²) in [6.07, 6.45) is -0.300. The van der Waals surface area contributed by atoms with Crippen molar-refractivity contribution in [2.24, 2.45) is 0 Å². The molecule has 0 saturated heterocycles. The van der Waals surface area contributed by atoms with Crippen molar-refractivity contribution in [2.45, 2.75) is 26.5 Å². The fourth-order valence-corrected chi connectivity index (χ4v) is 3.84. The van der Waals surface area contributed by atoms with E-state index in [1.54, 1.807) is 31.3 Å². The second-order valence-electron chi connectivity index (χ2n) is 8.01. The lowest BCUT2D eigenvalue weighted by molar-refractivity contribution is -0.139. The number of hydrogen-bond acceptors (Lipinski definition) is 6. The lowest BCUT2D eigenvalue weighted by Crippen LogP contribution is -2.31. The Hall–Kier alpha value is -3.71. The highest BCUT2D eigenvalue weighted by atomic mass is 35.5. The van der Waals surface area contributed by atoms with Gasteiger partial charge in [0.15, 0.2) is 0 Å². The van der Waals surface area contributed by atoms with Gasteiger partial charge in [0.1, 0.15) is 18.1 Å². The molecule has 0 heterocycles. The lowest BCUT2D eigenvalue weighted by atomic mass is 9.95. The van der Waals surface area contributed by atoms with Gasteiger partial charge < -0.3 is 23.8 Å². The Kier molecular flexibility index (Phi) is 9.59. The van der Waals surface area contributed by atoms with E-state index < -0.39 is 6.09 Å². The van der Waals surface area contributed by atoms with Crippen LogP contribution in [0.25, 0.3) is 11.1 Å². The first kappa shape index (κ1) is 26.9. The summed E-state index contributed by atoms with van der Waals surface area (Å²) in [6, 6.07) is 18.3. The molecule has 0 bridgehead atoms. The van der Waals surface area contributed by atoms with Gasteiger partial charge in [0, 0.05) is 23.7 Å². The van der Waals surface area contributed by atoms with E-state index in [0.29, 0.717) is 29.6 Å². The van der Waals surface area contributed by atoms with Gasteiger partial charge >= 0.3 is 12.1 Å². The molecule has 8 heteroatoms. The first-order valence-corrected chi connectivity index (χ1v) is 11.8. The van der Waals surface area contributed by atoms with Crippen LogP contribution < -0.4 is 9.47 Å². The van der Waals surface area contributed by atoms with Crippen LogP contribution in [-0.4, -0.2) is 44.8 Å². The van der Waals surface area contributed by atoms with Crippen LogP contribution in [0.5, 0.6) is 11.5 Å². The molecule has 1 amide bonds.